The van der Waals surface area contributed by atoms with Gasteiger partial charge in [0.15, 0.2) is 0 Å². The second kappa shape index (κ2) is 5.69. The van der Waals surface area contributed by atoms with Crippen LogP contribution < -0.4 is 5.32 Å². The Balaban J connectivity index is 2.22. The lowest BCUT2D eigenvalue weighted by atomic mass is 10.2. The molecule has 1 amide bonds. The number of nitrogens with one attached hydrogen (secondary N) is 1. The molecule has 0 fully saturated rings. The second-order valence-electron chi connectivity index (χ2n) is 3.82. The van der Waals surface area contributed by atoms with Gasteiger partial charge in [-0.15, -0.1) is 11.8 Å². The summed E-state index contributed by atoms with van der Waals surface area (Å²) in [7, 11) is 0. The first-order chi connectivity index (χ1) is 8.70. The van der Waals surface area contributed by atoms with Crippen LogP contribution in [0.1, 0.15) is 16.1 Å². The fourth-order valence-corrected chi connectivity index (χ4v) is 2.22. The minimum atomic E-state index is -0.127. The number of anilines is 1. The molecular weight excluding hydrogens is 244 g/mol. The molecule has 0 aliphatic heterocycles. The number of carbonyl (C=O) groups is 1. The number of hydrogen-bond donors (Lipinski definition) is 1. The summed E-state index contributed by atoms with van der Waals surface area (Å²) >= 11 is 1.56. The molecule has 1 heterocycles. The summed E-state index contributed by atoms with van der Waals surface area (Å²) in [6.45, 7) is 1.89. The quantitative estimate of drug-likeness (QED) is 0.858. The van der Waals surface area contributed by atoms with E-state index in [4.69, 9.17) is 0 Å². The lowest BCUT2D eigenvalue weighted by Gasteiger charge is -2.08. The van der Waals surface area contributed by atoms with E-state index in [-0.39, 0.29) is 5.91 Å². The van der Waals surface area contributed by atoms with Gasteiger partial charge < -0.3 is 5.32 Å². The highest BCUT2D eigenvalue weighted by Crippen LogP contribution is 2.20. The van der Waals surface area contributed by atoms with Crippen molar-refractivity contribution in [3.8, 4) is 0 Å². The Hall–Kier alpha value is -1.81. The Morgan fingerprint density at radius 1 is 1.17 bits per heavy atom. The maximum Gasteiger partial charge on any atom is 0.257 e. The molecule has 0 saturated heterocycles. The third-order valence-electron chi connectivity index (χ3n) is 2.48. The summed E-state index contributed by atoms with van der Waals surface area (Å²) in [5.41, 5.74) is 1.55. The summed E-state index contributed by atoms with van der Waals surface area (Å²) in [6, 6.07) is 13.1. The van der Waals surface area contributed by atoms with Crippen LogP contribution in [0.4, 0.5) is 5.82 Å². The molecule has 0 saturated carbocycles. The Morgan fingerprint density at radius 3 is 2.67 bits per heavy atom. The molecule has 0 spiro atoms. The molecule has 0 bridgehead atoms. The minimum Gasteiger partial charge on any atom is -0.307 e. The first-order valence-electron chi connectivity index (χ1n) is 5.59. The number of carbonyl (C=O) groups excluding carboxylic acids is 1. The van der Waals surface area contributed by atoms with E-state index in [9.17, 15) is 4.79 Å². The van der Waals surface area contributed by atoms with Crippen molar-refractivity contribution in [1.29, 1.82) is 0 Å². The molecule has 0 radical (unpaired) electrons. The van der Waals surface area contributed by atoms with Crippen LogP contribution >= 0.6 is 11.8 Å². The van der Waals surface area contributed by atoms with Gasteiger partial charge in [0.05, 0.1) is 5.56 Å². The average Bonchev–Trinajstić information content (AvgIpc) is 2.38. The zero-order valence-electron chi connectivity index (χ0n) is 10.3. The van der Waals surface area contributed by atoms with Gasteiger partial charge in [-0.05, 0) is 37.4 Å². The van der Waals surface area contributed by atoms with Crippen molar-refractivity contribution in [3.05, 3.63) is 53.7 Å². The predicted molar refractivity (Wildman–Crippen MR) is 75.2 cm³/mol. The lowest BCUT2D eigenvalue weighted by Crippen LogP contribution is -2.14. The van der Waals surface area contributed by atoms with Crippen molar-refractivity contribution in [2.24, 2.45) is 0 Å². The van der Waals surface area contributed by atoms with Crippen LogP contribution in [-0.2, 0) is 0 Å². The monoisotopic (exact) mass is 258 g/mol. The highest BCUT2D eigenvalue weighted by atomic mass is 32.2. The van der Waals surface area contributed by atoms with Crippen molar-refractivity contribution < 1.29 is 4.79 Å². The Labute approximate surface area is 111 Å². The second-order valence-corrected chi connectivity index (χ2v) is 4.67. The van der Waals surface area contributed by atoms with E-state index in [1.54, 1.807) is 17.8 Å². The first-order valence-corrected chi connectivity index (χ1v) is 6.81. The van der Waals surface area contributed by atoms with Gasteiger partial charge in [-0.3, -0.25) is 4.79 Å². The van der Waals surface area contributed by atoms with Gasteiger partial charge in [-0.25, -0.2) is 4.98 Å². The van der Waals surface area contributed by atoms with E-state index in [2.05, 4.69) is 10.3 Å². The molecule has 0 unspecified atom stereocenters. The summed E-state index contributed by atoms with van der Waals surface area (Å²) in [6.07, 6.45) is 1.96. The zero-order valence-corrected chi connectivity index (χ0v) is 11.1. The van der Waals surface area contributed by atoms with Gasteiger partial charge in [0, 0.05) is 10.6 Å². The van der Waals surface area contributed by atoms with Crippen LogP contribution in [0.5, 0.6) is 0 Å². The van der Waals surface area contributed by atoms with Crippen molar-refractivity contribution in [2.75, 3.05) is 11.6 Å². The molecule has 0 aliphatic carbocycles. The number of thioether (sulfide) groups is 1. The van der Waals surface area contributed by atoms with E-state index in [1.165, 1.54) is 0 Å². The van der Waals surface area contributed by atoms with Crippen molar-refractivity contribution in [1.82, 2.24) is 4.98 Å². The van der Waals surface area contributed by atoms with E-state index in [0.717, 1.165) is 10.6 Å². The van der Waals surface area contributed by atoms with Gasteiger partial charge in [0.1, 0.15) is 5.82 Å². The van der Waals surface area contributed by atoms with Crippen molar-refractivity contribution in [2.45, 2.75) is 11.8 Å². The normalized spacial score (nSPS) is 10.1. The number of aryl methyl sites for hydroxylation is 1. The van der Waals surface area contributed by atoms with Crippen LogP contribution in [0.3, 0.4) is 0 Å². The smallest absolute Gasteiger partial charge is 0.257 e. The molecule has 1 aromatic carbocycles. The Bertz CT molecular complexity index is 569. The number of pyridine rings is 1. The van der Waals surface area contributed by atoms with Crippen molar-refractivity contribution >= 4 is 23.5 Å². The molecule has 4 heteroatoms. The summed E-state index contributed by atoms with van der Waals surface area (Å²) in [4.78, 5) is 17.4. The van der Waals surface area contributed by atoms with Crippen LogP contribution in [0.15, 0.2) is 47.4 Å². The number of amides is 1. The number of benzene rings is 1. The maximum atomic E-state index is 12.1. The standard InChI is InChI=1S/C14H14N2OS/c1-10-6-5-9-13(15-10)16-14(17)11-7-3-4-8-12(11)18-2/h3-9H,1-2H3,(H,15,16,17). The van der Waals surface area contributed by atoms with Crippen LogP contribution in [0.2, 0.25) is 0 Å². The molecule has 3 nitrogen and oxygen atoms in total. The fourth-order valence-electron chi connectivity index (χ4n) is 1.63. The minimum absolute atomic E-state index is 0.127. The molecule has 0 atom stereocenters. The van der Waals surface area contributed by atoms with Crippen LogP contribution in [-0.4, -0.2) is 17.1 Å². The zero-order chi connectivity index (χ0) is 13.0. The Morgan fingerprint density at radius 2 is 1.94 bits per heavy atom. The molecule has 2 rings (SSSR count). The highest BCUT2D eigenvalue weighted by Gasteiger charge is 2.10. The van der Waals surface area contributed by atoms with Gasteiger partial charge in [0.2, 0.25) is 0 Å². The van der Waals surface area contributed by atoms with Gasteiger partial charge in [-0.2, -0.15) is 0 Å². The van der Waals surface area contributed by atoms with Crippen LogP contribution in [0.25, 0.3) is 0 Å². The topological polar surface area (TPSA) is 42.0 Å². The lowest BCUT2D eigenvalue weighted by molar-refractivity contribution is 0.102. The molecule has 1 N–H and O–H groups in total. The third kappa shape index (κ3) is 2.90. The van der Waals surface area contributed by atoms with E-state index in [0.29, 0.717) is 11.4 Å². The first kappa shape index (κ1) is 12.6. The molecule has 1 aromatic heterocycles. The molecular formula is C14H14N2OS. The number of aromatic nitrogens is 1. The number of hydrogen-bond acceptors (Lipinski definition) is 3. The summed E-state index contributed by atoms with van der Waals surface area (Å²) in [5, 5.41) is 2.81. The van der Waals surface area contributed by atoms with E-state index < -0.39 is 0 Å². The predicted octanol–water partition coefficient (Wildman–Crippen LogP) is 3.36. The van der Waals surface area contributed by atoms with Crippen LogP contribution in [0, 0.1) is 6.92 Å². The maximum absolute atomic E-state index is 12.1. The van der Waals surface area contributed by atoms with Crippen molar-refractivity contribution in [3.63, 3.8) is 0 Å². The highest BCUT2D eigenvalue weighted by molar-refractivity contribution is 7.98. The Kier molecular flexibility index (Phi) is 3.99. The molecule has 0 aliphatic rings. The summed E-state index contributed by atoms with van der Waals surface area (Å²) in [5.74, 6) is 0.453. The largest absolute Gasteiger partial charge is 0.307 e. The SMILES string of the molecule is CSc1ccccc1C(=O)Nc1cccc(C)n1. The number of rotatable bonds is 3. The molecule has 18 heavy (non-hydrogen) atoms. The number of nitrogens with zero attached hydrogens (tertiary/aromatic N) is 1. The third-order valence-corrected chi connectivity index (χ3v) is 3.28. The fraction of sp³-hybridized carbons (Fsp3) is 0.143. The summed E-state index contributed by atoms with van der Waals surface area (Å²) < 4.78 is 0. The average molecular weight is 258 g/mol. The van der Waals surface area contributed by atoms with E-state index >= 15 is 0 Å². The molecule has 2 aromatic rings. The van der Waals surface area contributed by atoms with Gasteiger partial charge >= 0.3 is 0 Å². The van der Waals surface area contributed by atoms with Gasteiger partial charge in [0.25, 0.3) is 5.91 Å². The van der Waals surface area contributed by atoms with E-state index in [1.807, 2.05) is 49.6 Å². The van der Waals surface area contributed by atoms with Gasteiger partial charge in [-0.1, -0.05) is 18.2 Å². The molecule has 92 valence electrons.